The maximum absolute atomic E-state index is 13.7. The van der Waals surface area contributed by atoms with Crippen LogP contribution in [0.3, 0.4) is 0 Å². The Labute approximate surface area is 238 Å². The van der Waals surface area contributed by atoms with Gasteiger partial charge in [-0.2, -0.15) is 13.2 Å². The number of benzene rings is 3. The van der Waals surface area contributed by atoms with Gasteiger partial charge in [-0.3, -0.25) is 9.44 Å². The number of halogens is 7. The zero-order valence-electron chi connectivity index (χ0n) is 19.9. The van der Waals surface area contributed by atoms with Crippen molar-refractivity contribution in [3.05, 3.63) is 88.8 Å². The number of hydrogen-bond acceptors (Lipinski definition) is 6. The fourth-order valence-electron chi connectivity index (χ4n) is 3.53. The van der Waals surface area contributed by atoms with Crippen LogP contribution in [0.4, 0.5) is 37.7 Å². The van der Waals surface area contributed by atoms with Crippen molar-refractivity contribution in [2.24, 2.45) is 0 Å². The Morgan fingerprint density at radius 1 is 0.732 bits per heavy atom. The molecule has 2 N–H and O–H groups in total. The summed E-state index contributed by atoms with van der Waals surface area (Å²) in [5.74, 6) is -0.688. The topological polar surface area (TPSA) is 102 Å². The van der Waals surface area contributed by atoms with Crippen LogP contribution < -0.4 is 14.2 Å². The Bertz CT molecular complexity index is 1790. The van der Waals surface area contributed by atoms with Gasteiger partial charge in [0.25, 0.3) is 20.0 Å². The van der Waals surface area contributed by atoms with Crippen molar-refractivity contribution >= 4 is 54.4 Å². The number of thiophene rings is 1. The predicted molar refractivity (Wildman–Crippen MR) is 141 cm³/mol. The van der Waals surface area contributed by atoms with Crippen LogP contribution in [0, 0.1) is 0 Å². The summed E-state index contributed by atoms with van der Waals surface area (Å²) in [4.78, 5) is -0.516. The van der Waals surface area contributed by atoms with E-state index in [1.807, 2.05) is 0 Å². The van der Waals surface area contributed by atoms with E-state index in [0.29, 0.717) is 11.3 Å². The molecular formula is C24H15ClF6N2O5S3. The molecule has 4 aromatic rings. The molecule has 4 rings (SSSR count). The number of hydrogen-bond donors (Lipinski definition) is 2. The van der Waals surface area contributed by atoms with Crippen molar-refractivity contribution < 1.29 is 47.9 Å². The van der Waals surface area contributed by atoms with Gasteiger partial charge in [0.05, 0.1) is 26.2 Å². The van der Waals surface area contributed by atoms with E-state index in [-0.39, 0.29) is 25.4 Å². The van der Waals surface area contributed by atoms with E-state index in [0.717, 1.165) is 54.6 Å². The van der Waals surface area contributed by atoms with E-state index in [1.54, 1.807) is 0 Å². The SMILES string of the molecule is O=S(=O)(Nc1ccc(-c2ccccc2C(F)(F)F)cc1NS(=O)(=O)c1ccc(Cl)s1)c1ccc(OC(F)(F)F)cc1. The van der Waals surface area contributed by atoms with Gasteiger partial charge in [0.1, 0.15) is 9.96 Å². The average Bonchev–Trinajstić information content (AvgIpc) is 3.31. The Morgan fingerprint density at radius 2 is 1.37 bits per heavy atom. The lowest BCUT2D eigenvalue weighted by atomic mass is 9.98. The van der Waals surface area contributed by atoms with Crippen molar-refractivity contribution in [2.75, 3.05) is 9.44 Å². The number of rotatable bonds is 8. The van der Waals surface area contributed by atoms with Gasteiger partial charge in [-0.1, -0.05) is 35.9 Å². The lowest BCUT2D eigenvalue weighted by Crippen LogP contribution is -2.18. The third-order valence-electron chi connectivity index (χ3n) is 5.23. The maximum Gasteiger partial charge on any atom is 0.573 e. The minimum atomic E-state index is -5.01. The van der Waals surface area contributed by atoms with Gasteiger partial charge >= 0.3 is 12.5 Å². The summed E-state index contributed by atoms with van der Waals surface area (Å²) in [6.45, 7) is 0. The fraction of sp³-hybridized carbons (Fsp3) is 0.0833. The fourth-order valence-corrected chi connectivity index (χ4v) is 7.16. The first-order chi connectivity index (χ1) is 18.9. The van der Waals surface area contributed by atoms with Crippen LogP contribution >= 0.6 is 22.9 Å². The van der Waals surface area contributed by atoms with Crippen LogP contribution in [0.2, 0.25) is 4.34 Å². The molecule has 0 bridgehead atoms. The predicted octanol–water partition coefficient (Wildman–Crippen LogP) is 7.59. The van der Waals surface area contributed by atoms with E-state index < -0.39 is 54.5 Å². The second kappa shape index (κ2) is 11.1. The number of nitrogens with one attached hydrogen (secondary N) is 2. The molecule has 0 saturated heterocycles. The largest absolute Gasteiger partial charge is 0.573 e. The molecule has 0 aliphatic carbocycles. The number of sulfonamides is 2. The molecule has 1 aromatic heterocycles. The summed E-state index contributed by atoms with van der Waals surface area (Å²) < 4.78 is 138. The Balaban J connectivity index is 1.77. The third-order valence-corrected chi connectivity index (χ3v) is 9.70. The smallest absolute Gasteiger partial charge is 0.406 e. The van der Waals surface area contributed by atoms with E-state index in [2.05, 4.69) is 14.2 Å². The lowest BCUT2D eigenvalue weighted by Gasteiger charge is -2.18. The minimum absolute atomic E-state index is 0.101. The molecule has 0 aliphatic rings. The second-order valence-corrected chi connectivity index (χ2v) is 13.4. The second-order valence-electron chi connectivity index (χ2n) is 8.09. The maximum atomic E-state index is 13.7. The molecule has 41 heavy (non-hydrogen) atoms. The minimum Gasteiger partial charge on any atom is -0.406 e. The number of anilines is 2. The molecule has 17 heteroatoms. The van der Waals surface area contributed by atoms with Gasteiger partial charge in [-0.05, 0) is 65.7 Å². The van der Waals surface area contributed by atoms with Gasteiger partial charge in [0, 0.05) is 0 Å². The van der Waals surface area contributed by atoms with Crippen molar-refractivity contribution in [2.45, 2.75) is 21.6 Å². The van der Waals surface area contributed by atoms with E-state index in [4.69, 9.17) is 11.6 Å². The summed E-state index contributed by atoms with van der Waals surface area (Å²) in [6.07, 6.45) is -9.77. The highest BCUT2D eigenvalue weighted by atomic mass is 35.5. The molecule has 0 radical (unpaired) electrons. The van der Waals surface area contributed by atoms with E-state index in [1.165, 1.54) is 24.3 Å². The molecule has 0 unspecified atom stereocenters. The normalized spacial score (nSPS) is 12.7. The van der Waals surface area contributed by atoms with Crippen LogP contribution in [-0.4, -0.2) is 23.2 Å². The molecule has 218 valence electrons. The summed E-state index contributed by atoms with van der Waals surface area (Å²) in [5.41, 5.74) is -2.26. The monoisotopic (exact) mass is 656 g/mol. The first kappa shape index (κ1) is 30.5. The van der Waals surface area contributed by atoms with Gasteiger partial charge < -0.3 is 4.74 Å². The van der Waals surface area contributed by atoms with Gasteiger partial charge in [-0.25, -0.2) is 16.8 Å². The summed E-state index contributed by atoms with van der Waals surface area (Å²) >= 11 is 6.50. The van der Waals surface area contributed by atoms with Crippen molar-refractivity contribution in [1.82, 2.24) is 0 Å². The van der Waals surface area contributed by atoms with E-state index >= 15 is 0 Å². The quantitative estimate of drug-likeness (QED) is 0.190. The van der Waals surface area contributed by atoms with Crippen LogP contribution in [-0.2, 0) is 26.2 Å². The first-order valence-electron chi connectivity index (χ1n) is 10.9. The standard InChI is InChI=1S/C24H15ClF6N2O5S3/c25-21-11-12-22(39-21)41(36,37)33-20-13-14(17-3-1-2-4-18(17)23(26,27)28)5-10-19(20)32-40(34,35)16-8-6-15(7-9-16)38-24(29,30)31/h1-13,32-33H. The molecule has 0 amide bonds. The zero-order chi connectivity index (χ0) is 30.2. The highest BCUT2D eigenvalue weighted by molar-refractivity contribution is 7.94. The molecular weight excluding hydrogens is 642 g/mol. The molecule has 1 heterocycles. The average molecular weight is 657 g/mol. The summed E-state index contributed by atoms with van der Waals surface area (Å²) in [7, 11) is -8.93. The number of ether oxygens (including phenoxy) is 1. The van der Waals surface area contributed by atoms with Crippen molar-refractivity contribution in [3.8, 4) is 16.9 Å². The van der Waals surface area contributed by atoms with Gasteiger partial charge in [0.2, 0.25) is 0 Å². The highest BCUT2D eigenvalue weighted by Gasteiger charge is 2.34. The van der Waals surface area contributed by atoms with E-state index in [9.17, 15) is 43.2 Å². The third kappa shape index (κ3) is 7.44. The number of alkyl halides is 6. The van der Waals surface area contributed by atoms with Crippen molar-refractivity contribution in [1.29, 1.82) is 0 Å². The van der Waals surface area contributed by atoms with Crippen LogP contribution in [0.5, 0.6) is 5.75 Å². The van der Waals surface area contributed by atoms with Gasteiger partial charge in [0.15, 0.2) is 0 Å². The molecule has 0 atom stereocenters. The summed E-state index contributed by atoms with van der Waals surface area (Å²) in [6, 6.07) is 13.3. The van der Waals surface area contributed by atoms with Crippen LogP contribution in [0.25, 0.3) is 11.1 Å². The molecule has 0 saturated carbocycles. The molecule has 3 aromatic carbocycles. The lowest BCUT2D eigenvalue weighted by molar-refractivity contribution is -0.274. The molecule has 0 spiro atoms. The Morgan fingerprint density at radius 3 is 1.95 bits per heavy atom. The van der Waals surface area contributed by atoms with Crippen molar-refractivity contribution in [3.63, 3.8) is 0 Å². The van der Waals surface area contributed by atoms with Gasteiger partial charge in [-0.15, -0.1) is 24.5 Å². The molecule has 0 aliphatic heterocycles. The Hall–Kier alpha value is -3.47. The first-order valence-corrected chi connectivity index (χ1v) is 15.1. The molecule has 0 fully saturated rings. The molecule has 7 nitrogen and oxygen atoms in total. The van der Waals surface area contributed by atoms with Crippen LogP contribution in [0.1, 0.15) is 5.56 Å². The summed E-state index contributed by atoms with van der Waals surface area (Å²) in [5, 5.41) is 0. The zero-order valence-corrected chi connectivity index (χ0v) is 23.1. The van der Waals surface area contributed by atoms with Crippen LogP contribution in [0.15, 0.2) is 88.0 Å². The highest BCUT2D eigenvalue weighted by Crippen LogP contribution is 2.40. The Kier molecular flexibility index (Phi) is 8.23.